The molecule has 0 unspecified atom stereocenters. The fraction of sp³-hybridized carbons (Fsp3) is 0.385. The van der Waals surface area contributed by atoms with E-state index in [1.54, 1.807) is 15.9 Å². The summed E-state index contributed by atoms with van der Waals surface area (Å²) in [7, 11) is -0.905. The summed E-state index contributed by atoms with van der Waals surface area (Å²) >= 11 is 0. The predicted octanol–water partition coefficient (Wildman–Crippen LogP) is 4.00. The molecule has 0 radical (unpaired) electrons. The van der Waals surface area contributed by atoms with Crippen LogP contribution >= 0.6 is 7.26 Å². The third kappa shape index (κ3) is 1.25. The summed E-state index contributed by atoms with van der Waals surface area (Å²) in [4.78, 5) is 0. The van der Waals surface area contributed by atoms with Crippen LogP contribution in [0.3, 0.4) is 0 Å². The second-order valence-corrected chi connectivity index (χ2v) is 7.55. The molecule has 0 atom stereocenters. The van der Waals surface area contributed by atoms with Gasteiger partial charge >= 0.3 is 0 Å². The second-order valence-electron chi connectivity index (χ2n) is 3.94. The van der Waals surface area contributed by atoms with E-state index in [4.69, 9.17) is 0 Å². The van der Waals surface area contributed by atoms with Crippen molar-refractivity contribution in [2.75, 3.05) is 6.66 Å². The molecule has 0 N–H and O–H groups in total. The molecular formula is C13H18P+. The van der Waals surface area contributed by atoms with Crippen molar-refractivity contribution in [1.82, 2.24) is 0 Å². The van der Waals surface area contributed by atoms with Crippen LogP contribution in [0.5, 0.6) is 0 Å². The monoisotopic (exact) mass is 205 g/mol. The van der Waals surface area contributed by atoms with Gasteiger partial charge in [0.1, 0.15) is 23.2 Å². The molecule has 0 fully saturated rings. The van der Waals surface area contributed by atoms with Gasteiger partial charge in [0.15, 0.2) is 0 Å². The Labute approximate surface area is 87.4 Å². The molecule has 74 valence electrons. The lowest BCUT2D eigenvalue weighted by molar-refractivity contribution is 1.16. The van der Waals surface area contributed by atoms with Gasteiger partial charge in [-0.2, -0.15) is 0 Å². The van der Waals surface area contributed by atoms with Gasteiger partial charge < -0.3 is 0 Å². The zero-order valence-electron chi connectivity index (χ0n) is 9.25. The maximum atomic E-state index is 2.47. The fourth-order valence-electron chi connectivity index (χ4n) is 2.53. The maximum absolute atomic E-state index is 2.47. The second kappa shape index (κ2) is 3.51. The standard InChI is InChI=1S/C13H18P/c1-4-12-13(5-2)14(12,3)11-9-7-6-8-10-11/h6-10H,4-5H2,1-3H3/q+1. The number of rotatable bonds is 3. The molecule has 1 aromatic carbocycles. The minimum atomic E-state index is -0.905. The van der Waals surface area contributed by atoms with Gasteiger partial charge in [0.05, 0.1) is 6.66 Å². The quantitative estimate of drug-likeness (QED) is 0.654. The van der Waals surface area contributed by atoms with Gasteiger partial charge in [-0.05, 0) is 12.1 Å². The molecule has 0 saturated carbocycles. The summed E-state index contributed by atoms with van der Waals surface area (Å²) < 4.78 is 0. The number of allylic oxidation sites excluding steroid dienone is 2. The van der Waals surface area contributed by atoms with Gasteiger partial charge in [-0.15, -0.1) is 0 Å². The van der Waals surface area contributed by atoms with Crippen LogP contribution in [-0.4, -0.2) is 6.66 Å². The molecule has 1 aliphatic rings. The Morgan fingerprint density at radius 3 is 1.86 bits per heavy atom. The molecule has 0 saturated heterocycles. The Hall–Kier alpha value is -0.610. The molecule has 1 aliphatic heterocycles. The van der Waals surface area contributed by atoms with Crippen molar-refractivity contribution >= 4 is 12.6 Å². The van der Waals surface area contributed by atoms with Crippen LogP contribution in [-0.2, 0) is 0 Å². The minimum Gasteiger partial charge on any atom is -0.0620 e. The van der Waals surface area contributed by atoms with Crippen LogP contribution in [0.4, 0.5) is 0 Å². The van der Waals surface area contributed by atoms with E-state index in [2.05, 4.69) is 50.8 Å². The molecule has 1 aromatic rings. The van der Waals surface area contributed by atoms with Crippen molar-refractivity contribution in [3.05, 3.63) is 41.0 Å². The highest BCUT2D eigenvalue weighted by atomic mass is 31.2. The Bertz CT molecular complexity index is 348. The average molecular weight is 205 g/mol. The zero-order valence-corrected chi connectivity index (χ0v) is 10.1. The number of hydrogen-bond acceptors (Lipinski definition) is 0. The maximum Gasteiger partial charge on any atom is 0.119 e. The van der Waals surface area contributed by atoms with Gasteiger partial charge in [0.2, 0.25) is 0 Å². The molecule has 0 bridgehead atoms. The Balaban J connectivity index is 2.31. The summed E-state index contributed by atoms with van der Waals surface area (Å²) in [6, 6.07) is 11.0. The first-order valence-corrected chi connectivity index (χ1v) is 7.64. The molecule has 0 spiro atoms. The third-order valence-electron chi connectivity index (χ3n) is 3.31. The van der Waals surface area contributed by atoms with Crippen LogP contribution in [0.2, 0.25) is 0 Å². The lowest BCUT2D eigenvalue weighted by Crippen LogP contribution is -2.01. The minimum absolute atomic E-state index is 0.905. The molecule has 0 aliphatic carbocycles. The molecule has 0 aromatic heterocycles. The van der Waals surface area contributed by atoms with E-state index in [0.717, 1.165) is 0 Å². The SMILES string of the molecule is CCC1=C(CC)[P+]1(C)c1ccccc1. The van der Waals surface area contributed by atoms with Crippen molar-refractivity contribution in [2.24, 2.45) is 0 Å². The highest BCUT2D eigenvalue weighted by Gasteiger charge is 2.58. The summed E-state index contributed by atoms with van der Waals surface area (Å²) in [5.74, 6) is 0. The number of benzene rings is 1. The van der Waals surface area contributed by atoms with Crippen LogP contribution < -0.4 is 5.30 Å². The van der Waals surface area contributed by atoms with Gasteiger partial charge in [0, 0.05) is 12.8 Å². The summed E-state index contributed by atoms with van der Waals surface area (Å²) in [5.41, 5.74) is 0. The summed E-state index contributed by atoms with van der Waals surface area (Å²) in [6.07, 6.45) is 2.50. The zero-order chi connectivity index (χ0) is 10.2. The Kier molecular flexibility index (Phi) is 2.49. The van der Waals surface area contributed by atoms with Crippen molar-refractivity contribution in [1.29, 1.82) is 0 Å². The van der Waals surface area contributed by atoms with Gasteiger partial charge in [-0.1, -0.05) is 32.0 Å². The van der Waals surface area contributed by atoms with Crippen LogP contribution in [0, 0.1) is 0 Å². The highest BCUT2D eigenvalue weighted by molar-refractivity contribution is 7.95. The molecule has 0 nitrogen and oxygen atoms in total. The van der Waals surface area contributed by atoms with Gasteiger partial charge in [-0.25, -0.2) is 0 Å². The lowest BCUT2D eigenvalue weighted by atomic mass is 10.4. The van der Waals surface area contributed by atoms with E-state index < -0.39 is 7.26 Å². The normalized spacial score (nSPS) is 18.5. The largest absolute Gasteiger partial charge is 0.119 e. The number of hydrogen-bond donors (Lipinski definition) is 0. The topological polar surface area (TPSA) is 0 Å². The van der Waals surface area contributed by atoms with Gasteiger partial charge in [0.25, 0.3) is 0 Å². The molecule has 2 rings (SSSR count). The molecule has 1 heterocycles. The highest BCUT2D eigenvalue weighted by Crippen LogP contribution is 2.84. The van der Waals surface area contributed by atoms with Crippen molar-refractivity contribution in [2.45, 2.75) is 26.7 Å². The van der Waals surface area contributed by atoms with E-state index in [-0.39, 0.29) is 0 Å². The fourth-order valence-corrected chi connectivity index (χ4v) is 6.84. The smallest absolute Gasteiger partial charge is 0.0620 e. The predicted molar refractivity (Wildman–Crippen MR) is 66.5 cm³/mol. The lowest BCUT2D eigenvalue weighted by Gasteiger charge is -2.05. The Morgan fingerprint density at radius 2 is 1.43 bits per heavy atom. The van der Waals surface area contributed by atoms with Crippen molar-refractivity contribution in [3.8, 4) is 0 Å². The summed E-state index contributed by atoms with van der Waals surface area (Å²) in [5, 5.41) is 5.12. The van der Waals surface area contributed by atoms with Crippen LogP contribution in [0.1, 0.15) is 26.7 Å². The van der Waals surface area contributed by atoms with E-state index in [1.165, 1.54) is 12.8 Å². The van der Waals surface area contributed by atoms with Gasteiger partial charge in [-0.3, -0.25) is 0 Å². The van der Waals surface area contributed by atoms with Crippen LogP contribution in [0.15, 0.2) is 41.0 Å². The van der Waals surface area contributed by atoms with E-state index >= 15 is 0 Å². The van der Waals surface area contributed by atoms with Crippen molar-refractivity contribution in [3.63, 3.8) is 0 Å². The first kappa shape index (κ1) is 9.93. The average Bonchev–Trinajstić information content (AvgIpc) is 2.85. The molecule has 1 heteroatoms. The van der Waals surface area contributed by atoms with E-state index in [9.17, 15) is 0 Å². The first-order chi connectivity index (χ1) is 6.75. The van der Waals surface area contributed by atoms with Crippen LogP contribution in [0.25, 0.3) is 0 Å². The summed E-state index contributed by atoms with van der Waals surface area (Å²) in [6.45, 7) is 7.05. The Morgan fingerprint density at radius 1 is 0.929 bits per heavy atom. The van der Waals surface area contributed by atoms with Crippen molar-refractivity contribution < 1.29 is 0 Å². The third-order valence-corrected chi connectivity index (χ3v) is 7.74. The first-order valence-electron chi connectivity index (χ1n) is 5.40. The molecule has 0 amide bonds. The molecular weight excluding hydrogens is 187 g/mol. The molecule has 14 heavy (non-hydrogen) atoms. The van der Waals surface area contributed by atoms with E-state index in [1.807, 2.05) is 0 Å². The van der Waals surface area contributed by atoms with E-state index in [0.29, 0.717) is 0 Å².